The second-order valence-corrected chi connectivity index (χ2v) is 7.02. The van der Waals surface area contributed by atoms with Crippen LogP contribution in [0, 0.1) is 6.92 Å². The highest BCUT2D eigenvalue weighted by Gasteiger charge is 2.44. The van der Waals surface area contributed by atoms with E-state index in [-0.39, 0.29) is 0 Å². The zero-order valence-electron chi connectivity index (χ0n) is 16.4. The lowest BCUT2D eigenvalue weighted by atomic mass is 9.88. The molecule has 0 saturated carbocycles. The van der Waals surface area contributed by atoms with Crippen molar-refractivity contribution in [3.63, 3.8) is 0 Å². The maximum absolute atomic E-state index is 10.5. The van der Waals surface area contributed by atoms with Gasteiger partial charge in [-0.15, -0.1) is 0 Å². The molecule has 0 amide bonds. The van der Waals surface area contributed by atoms with Gasteiger partial charge in [0.25, 0.3) is 0 Å². The second kappa shape index (κ2) is 9.03. The minimum Gasteiger partial charge on any atom is -0.494 e. The lowest BCUT2D eigenvalue weighted by Gasteiger charge is -2.40. The standard InChI is InChI=1S/C22H28O6/c1-4-27-16-10-8-14(9-11-16)12-15-6-5-7-17(13(15)2)21-19(24)18(23)20(25)22(26-3)28-21/h5-11,18-25H,4,12H2,1-3H3/t18-,19-,20+,21+,22?/m1/s1. The summed E-state index contributed by atoms with van der Waals surface area (Å²) in [6.45, 7) is 4.55. The van der Waals surface area contributed by atoms with E-state index in [1.54, 1.807) is 0 Å². The third kappa shape index (κ3) is 4.21. The van der Waals surface area contributed by atoms with Gasteiger partial charge in [0.2, 0.25) is 0 Å². The van der Waals surface area contributed by atoms with Crippen LogP contribution in [0.15, 0.2) is 42.5 Å². The molecular formula is C22H28O6. The molecule has 0 bridgehead atoms. The van der Waals surface area contributed by atoms with Crippen molar-refractivity contribution in [3.8, 4) is 5.75 Å². The van der Waals surface area contributed by atoms with E-state index in [9.17, 15) is 15.3 Å². The highest BCUT2D eigenvalue weighted by atomic mass is 16.7. The van der Waals surface area contributed by atoms with Crippen LogP contribution in [0.4, 0.5) is 0 Å². The Kier molecular flexibility index (Phi) is 6.69. The molecule has 2 aromatic carbocycles. The van der Waals surface area contributed by atoms with Crippen LogP contribution >= 0.6 is 0 Å². The predicted octanol–water partition coefficient (Wildman–Crippen LogP) is 2.11. The van der Waals surface area contributed by atoms with Gasteiger partial charge in [-0.3, -0.25) is 0 Å². The van der Waals surface area contributed by atoms with Crippen LogP contribution in [0.25, 0.3) is 0 Å². The van der Waals surface area contributed by atoms with Crippen molar-refractivity contribution in [3.05, 3.63) is 64.7 Å². The van der Waals surface area contributed by atoms with E-state index in [0.29, 0.717) is 13.0 Å². The van der Waals surface area contributed by atoms with Gasteiger partial charge in [0.05, 0.1) is 6.61 Å². The van der Waals surface area contributed by atoms with Gasteiger partial charge in [-0.25, -0.2) is 0 Å². The van der Waals surface area contributed by atoms with E-state index < -0.39 is 30.7 Å². The van der Waals surface area contributed by atoms with Gasteiger partial charge < -0.3 is 29.5 Å². The number of rotatable bonds is 6. The summed E-state index contributed by atoms with van der Waals surface area (Å²) in [5.41, 5.74) is 3.97. The van der Waals surface area contributed by atoms with Crippen molar-refractivity contribution >= 4 is 0 Å². The van der Waals surface area contributed by atoms with Crippen molar-refractivity contribution < 1.29 is 29.5 Å². The fourth-order valence-corrected chi connectivity index (χ4v) is 3.59. The summed E-state index contributed by atoms with van der Waals surface area (Å²) in [4.78, 5) is 0. The highest BCUT2D eigenvalue weighted by molar-refractivity contribution is 5.40. The van der Waals surface area contributed by atoms with E-state index >= 15 is 0 Å². The quantitative estimate of drug-likeness (QED) is 0.703. The van der Waals surface area contributed by atoms with Crippen LogP contribution in [-0.2, 0) is 15.9 Å². The summed E-state index contributed by atoms with van der Waals surface area (Å²) in [5.74, 6) is 0.841. The van der Waals surface area contributed by atoms with Gasteiger partial charge in [0.1, 0.15) is 30.2 Å². The first kappa shape index (κ1) is 20.8. The van der Waals surface area contributed by atoms with Crippen LogP contribution in [0.2, 0.25) is 0 Å². The Morgan fingerprint density at radius 1 is 0.964 bits per heavy atom. The average Bonchev–Trinajstić information content (AvgIpc) is 2.70. The lowest BCUT2D eigenvalue weighted by molar-refractivity contribution is -0.292. The molecule has 6 nitrogen and oxygen atoms in total. The van der Waals surface area contributed by atoms with Crippen molar-refractivity contribution in [1.29, 1.82) is 0 Å². The van der Waals surface area contributed by atoms with Gasteiger partial charge in [-0.1, -0.05) is 30.3 Å². The first-order valence-corrected chi connectivity index (χ1v) is 9.48. The smallest absolute Gasteiger partial charge is 0.186 e. The number of methoxy groups -OCH3 is 1. The molecule has 0 aromatic heterocycles. The molecule has 1 saturated heterocycles. The van der Waals surface area contributed by atoms with E-state index in [1.165, 1.54) is 7.11 Å². The third-order valence-electron chi connectivity index (χ3n) is 5.23. The average molecular weight is 388 g/mol. The number of benzene rings is 2. The molecule has 1 heterocycles. The van der Waals surface area contributed by atoms with Crippen LogP contribution in [0.3, 0.4) is 0 Å². The fourth-order valence-electron chi connectivity index (χ4n) is 3.59. The Labute approximate surface area is 165 Å². The van der Waals surface area contributed by atoms with Crippen LogP contribution in [-0.4, -0.2) is 53.6 Å². The van der Waals surface area contributed by atoms with Crippen LogP contribution in [0.5, 0.6) is 5.75 Å². The Morgan fingerprint density at radius 2 is 1.68 bits per heavy atom. The van der Waals surface area contributed by atoms with Gasteiger partial charge in [-0.2, -0.15) is 0 Å². The Balaban J connectivity index is 1.84. The molecule has 1 fully saturated rings. The zero-order valence-corrected chi connectivity index (χ0v) is 16.4. The summed E-state index contributed by atoms with van der Waals surface area (Å²) in [7, 11) is 1.39. The third-order valence-corrected chi connectivity index (χ3v) is 5.23. The second-order valence-electron chi connectivity index (χ2n) is 7.02. The predicted molar refractivity (Wildman–Crippen MR) is 104 cm³/mol. The number of aliphatic hydroxyl groups is 3. The normalized spacial score (nSPS) is 27.6. The molecule has 3 rings (SSSR count). The summed E-state index contributed by atoms with van der Waals surface area (Å²) in [6, 6.07) is 13.8. The van der Waals surface area contributed by atoms with Crippen LogP contribution in [0.1, 0.15) is 35.3 Å². The monoisotopic (exact) mass is 388 g/mol. The molecule has 0 spiro atoms. The van der Waals surface area contributed by atoms with Crippen molar-refractivity contribution in [2.24, 2.45) is 0 Å². The van der Waals surface area contributed by atoms with Gasteiger partial charge in [-0.05, 0) is 54.7 Å². The van der Waals surface area contributed by atoms with E-state index in [0.717, 1.165) is 28.0 Å². The molecule has 3 N–H and O–H groups in total. The number of aliphatic hydroxyl groups excluding tert-OH is 3. The molecule has 0 aliphatic carbocycles. The van der Waals surface area contributed by atoms with E-state index in [1.807, 2.05) is 56.3 Å². The Bertz CT molecular complexity index is 773. The SMILES string of the molecule is CCOc1ccc(Cc2cccc([C@@H]3OC(OC)[C@@H](O)[C@H](O)[C@H]3O)c2C)cc1. The first-order valence-electron chi connectivity index (χ1n) is 9.48. The first-order chi connectivity index (χ1) is 13.5. The molecule has 1 aliphatic heterocycles. The van der Waals surface area contributed by atoms with Crippen molar-refractivity contribution in [2.75, 3.05) is 13.7 Å². The fraction of sp³-hybridized carbons (Fsp3) is 0.455. The van der Waals surface area contributed by atoms with E-state index in [4.69, 9.17) is 14.2 Å². The van der Waals surface area contributed by atoms with Gasteiger partial charge >= 0.3 is 0 Å². The van der Waals surface area contributed by atoms with Gasteiger partial charge in [0, 0.05) is 7.11 Å². The molecule has 28 heavy (non-hydrogen) atoms. The van der Waals surface area contributed by atoms with Crippen molar-refractivity contribution in [1.82, 2.24) is 0 Å². The molecule has 1 unspecified atom stereocenters. The molecule has 152 valence electrons. The maximum Gasteiger partial charge on any atom is 0.186 e. The summed E-state index contributed by atoms with van der Waals surface area (Å²) >= 11 is 0. The molecule has 0 radical (unpaired) electrons. The summed E-state index contributed by atoms with van der Waals surface area (Å²) in [5, 5.41) is 30.6. The topological polar surface area (TPSA) is 88.4 Å². The summed E-state index contributed by atoms with van der Waals surface area (Å²) in [6.07, 6.45) is -4.98. The molecular weight excluding hydrogens is 360 g/mol. The largest absolute Gasteiger partial charge is 0.494 e. The van der Waals surface area contributed by atoms with E-state index in [2.05, 4.69) is 0 Å². The Morgan fingerprint density at radius 3 is 2.32 bits per heavy atom. The molecule has 1 aliphatic rings. The van der Waals surface area contributed by atoms with Gasteiger partial charge in [0.15, 0.2) is 6.29 Å². The number of hydrogen-bond donors (Lipinski definition) is 3. The minimum absolute atomic E-state index is 0.632. The van der Waals surface area contributed by atoms with Crippen LogP contribution < -0.4 is 4.74 Å². The lowest BCUT2D eigenvalue weighted by Crippen LogP contribution is -2.54. The highest BCUT2D eigenvalue weighted by Crippen LogP contribution is 2.35. The molecule has 2 aromatic rings. The Hall–Kier alpha value is -1.96. The summed E-state index contributed by atoms with van der Waals surface area (Å²) < 4.78 is 16.3. The number of ether oxygens (including phenoxy) is 3. The maximum atomic E-state index is 10.5. The van der Waals surface area contributed by atoms with Crippen molar-refractivity contribution in [2.45, 2.75) is 51.0 Å². The molecule has 6 heteroatoms. The molecule has 5 atom stereocenters. The zero-order chi connectivity index (χ0) is 20.3. The number of hydrogen-bond acceptors (Lipinski definition) is 6. The minimum atomic E-state index is -1.35.